The van der Waals surface area contributed by atoms with Crippen LogP contribution in [0.3, 0.4) is 0 Å². The van der Waals surface area contributed by atoms with E-state index in [0.29, 0.717) is 30.3 Å². The fraction of sp³-hybridized carbons (Fsp3) is 0.529. The van der Waals surface area contributed by atoms with E-state index in [4.69, 9.17) is 4.74 Å². The molecule has 0 spiro atoms. The van der Waals surface area contributed by atoms with Crippen molar-refractivity contribution in [2.45, 2.75) is 31.7 Å². The van der Waals surface area contributed by atoms with Crippen molar-refractivity contribution in [2.24, 2.45) is 5.92 Å². The van der Waals surface area contributed by atoms with Crippen LogP contribution in [0.1, 0.15) is 36.0 Å². The zero-order chi connectivity index (χ0) is 15.5. The number of nitrogens with one attached hydrogen (secondary N) is 1. The topological polar surface area (TPSA) is 58.6 Å². The van der Waals surface area contributed by atoms with E-state index >= 15 is 0 Å². The Kier molecular flexibility index (Phi) is 4.32. The van der Waals surface area contributed by atoms with Crippen LogP contribution in [-0.2, 0) is 4.79 Å². The van der Waals surface area contributed by atoms with Gasteiger partial charge in [0.2, 0.25) is 5.91 Å². The van der Waals surface area contributed by atoms with Crippen molar-refractivity contribution in [1.29, 1.82) is 0 Å². The smallest absolute Gasteiger partial charge is 0.253 e. The summed E-state index contributed by atoms with van der Waals surface area (Å²) in [6.07, 6.45) is 3.64. The van der Waals surface area contributed by atoms with Gasteiger partial charge in [-0.2, -0.15) is 0 Å². The van der Waals surface area contributed by atoms with Gasteiger partial charge in [-0.05, 0) is 43.4 Å². The average Bonchev–Trinajstić information content (AvgIpc) is 3.22. The Hall–Kier alpha value is -2.04. The van der Waals surface area contributed by atoms with Crippen LogP contribution < -0.4 is 10.1 Å². The summed E-state index contributed by atoms with van der Waals surface area (Å²) < 4.78 is 5.16. The molecule has 1 atom stereocenters. The molecule has 1 heterocycles. The highest BCUT2D eigenvalue weighted by atomic mass is 16.5. The average molecular weight is 302 g/mol. The molecular weight excluding hydrogens is 280 g/mol. The SMILES string of the molecule is COc1cccc(C(=O)N2CCC(CC(=O)NC3CC3)C2)c1. The highest BCUT2D eigenvalue weighted by molar-refractivity contribution is 5.94. The van der Waals surface area contributed by atoms with E-state index in [1.54, 1.807) is 19.2 Å². The van der Waals surface area contributed by atoms with Crippen molar-refractivity contribution >= 4 is 11.8 Å². The van der Waals surface area contributed by atoms with Crippen molar-refractivity contribution in [1.82, 2.24) is 10.2 Å². The van der Waals surface area contributed by atoms with Gasteiger partial charge in [-0.1, -0.05) is 6.07 Å². The van der Waals surface area contributed by atoms with Crippen molar-refractivity contribution in [3.05, 3.63) is 29.8 Å². The van der Waals surface area contributed by atoms with E-state index in [9.17, 15) is 9.59 Å². The molecule has 1 unspecified atom stereocenters. The predicted octanol–water partition coefficient (Wildman–Crippen LogP) is 1.83. The van der Waals surface area contributed by atoms with E-state index in [1.807, 2.05) is 17.0 Å². The molecule has 3 rings (SSSR count). The van der Waals surface area contributed by atoms with Gasteiger partial charge in [0.15, 0.2) is 0 Å². The normalized spacial score (nSPS) is 20.8. The first-order chi connectivity index (χ1) is 10.7. The second-order valence-electron chi connectivity index (χ2n) is 6.18. The molecule has 1 saturated carbocycles. The van der Waals surface area contributed by atoms with Gasteiger partial charge in [0.1, 0.15) is 5.75 Å². The molecule has 1 aliphatic heterocycles. The van der Waals surface area contributed by atoms with E-state index in [0.717, 1.165) is 25.8 Å². The maximum atomic E-state index is 12.5. The van der Waals surface area contributed by atoms with Crippen LogP contribution in [0.4, 0.5) is 0 Å². The van der Waals surface area contributed by atoms with Gasteiger partial charge in [-0.25, -0.2) is 0 Å². The Balaban J connectivity index is 1.54. The van der Waals surface area contributed by atoms with Gasteiger partial charge in [-0.3, -0.25) is 9.59 Å². The quantitative estimate of drug-likeness (QED) is 0.902. The number of benzene rings is 1. The summed E-state index contributed by atoms with van der Waals surface area (Å²) in [5.41, 5.74) is 0.641. The minimum Gasteiger partial charge on any atom is -0.497 e. The highest BCUT2D eigenvalue weighted by Crippen LogP contribution is 2.24. The lowest BCUT2D eigenvalue weighted by Gasteiger charge is -2.17. The van der Waals surface area contributed by atoms with E-state index in [1.165, 1.54) is 0 Å². The lowest BCUT2D eigenvalue weighted by Crippen LogP contribution is -2.31. The Morgan fingerprint density at radius 1 is 1.32 bits per heavy atom. The summed E-state index contributed by atoms with van der Waals surface area (Å²) in [5, 5.41) is 3.01. The van der Waals surface area contributed by atoms with Crippen LogP contribution in [-0.4, -0.2) is 43.0 Å². The van der Waals surface area contributed by atoms with Crippen LogP contribution in [0.2, 0.25) is 0 Å². The lowest BCUT2D eigenvalue weighted by molar-refractivity contribution is -0.122. The molecule has 1 saturated heterocycles. The third kappa shape index (κ3) is 3.59. The van der Waals surface area contributed by atoms with Crippen LogP contribution >= 0.6 is 0 Å². The Morgan fingerprint density at radius 2 is 2.14 bits per heavy atom. The zero-order valence-corrected chi connectivity index (χ0v) is 12.9. The minimum absolute atomic E-state index is 0.0176. The van der Waals surface area contributed by atoms with Crippen molar-refractivity contribution < 1.29 is 14.3 Å². The standard InChI is InChI=1S/C17H22N2O3/c1-22-15-4-2-3-13(10-15)17(21)19-8-7-12(11-19)9-16(20)18-14-5-6-14/h2-4,10,12,14H,5-9,11H2,1H3,(H,18,20). The van der Waals surface area contributed by atoms with Gasteiger partial charge >= 0.3 is 0 Å². The molecular formula is C17H22N2O3. The Labute approximate surface area is 130 Å². The third-order valence-electron chi connectivity index (χ3n) is 4.31. The lowest BCUT2D eigenvalue weighted by atomic mass is 10.0. The number of hydrogen-bond donors (Lipinski definition) is 1. The molecule has 118 valence electrons. The molecule has 5 nitrogen and oxygen atoms in total. The molecule has 2 aliphatic rings. The zero-order valence-electron chi connectivity index (χ0n) is 12.9. The first-order valence-corrected chi connectivity index (χ1v) is 7.88. The van der Waals surface area contributed by atoms with Gasteiger partial charge in [0.05, 0.1) is 7.11 Å². The predicted molar refractivity (Wildman–Crippen MR) is 82.8 cm³/mol. The molecule has 0 radical (unpaired) electrons. The number of ether oxygens (including phenoxy) is 1. The highest BCUT2D eigenvalue weighted by Gasteiger charge is 2.30. The summed E-state index contributed by atoms with van der Waals surface area (Å²) in [6.45, 7) is 1.38. The van der Waals surface area contributed by atoms with Crippen molar-refractivity contribution in [3.63, 3.8) is 0 Å². The molecule has 1 aliphatic carbocycles. The number of amides is 2. The fourth-order valence-corrected chi connectivity index (χ4v) is 2.90. The van der Waals surface area contributed by atoms with Crippen molar-refractivity contribution in [2.75, 3.05) is 20.2 Å². The van der Waals surface area contributed by atoms with Gasteiger partial charge in [-0.15, -0.1) is 0 Å². The maximum absolute atomic E-state index is 12.5. The molecule has 22 heavy (non-hydrogen) atoms. The van der Waals surface area contributed by atoms with Crippen LogP contribution in [0.15, 0.2) is 24.3 Å². The number of carbonyl (C=O) groups is 2. The minimum atomic E-state index is 0.0176. The molecule has 1 aromatic carbocycles. The molecule has 1 aromatic rings. The first kappa shape index (κ1) is 14.9. The second kappa shape index (κ2) is 6.38. The summed E-state index contributed by atoms with van der Waals surface area (Å²) in [6, 6.07) is 7.62. The van der Waals surface area contributed by atoms with Crippen LogP contribution in [0.5, 0.6) is 5.75 Å². The number of likely N-dealkylation sites (tertiary alicyclic amines) is 1. The Morgan fingerprint density at radius 3 is 2.86 bits per heavy atom. The number of carbonyl (C=O) groups excluding carboxylic acids is 2. The fourth-order valence-electron chi connectivity index (χ4n) is 2.90. The summed E-state index contributed by atoms with van der Waals surface area (Å²) >= 11 is 0. The molecule has 5 heteroatoms. The molecule has 0 bridgehead atoms. The molecule has 2 amide bonds. The number of methoxy groups -OCH3 is 1. The third-order valence-corrected chi connectivity index (χ3v) is 4.31. The molecule has 1 N–H and O–H groups in total. The van der Waals surface area contributed by atoms with Crippen LogP contribution in [0, 0.1) is 5.92 Å². The van der Waals surface area contributed by atoms with E-state index < -0.39 is 0 Å². The van der Waals surface area contributed by atoms with Crippen LogP contribution in [0.25, 0.3) is 0 Å². The number of hydrogen-bond acceptors (Lipinski definition) is 3. The number of rotatable bonds is 5. The van der Waals surface area contributed by atoms with Gasteiger partial charge < -0.3 is 15.0 Å². The second-order valence-corrected chi connectivity index (χ2v) is 6.18. The number of nitrogens with zero attached hydrogens (tertiary/aromatic N) is 1. The van der Waals surface area contributed by atoms with Crippen molar-refractivity contribution in [3.8, 4) is 5.75 Å². The summed E-state index contributed by atoms with van der Waals surface area (Å²) in [7, 11) is 1.59. The van der Waals surface area contributed by atoms with E-state index in [2.05, 4.69) is 5.32 Å². The maximum Gasteiger partial charge on any atom is 0.253 e. The van der Waals surface area contributed by atoms with E-state index in [-0.39, 0.29) is 17.7 Å². The largest absolute Gasteiger partial charge is 0.497 e. The molecule has 2 fully saturated rings. The first-order valence-electron chi connectivity index (χ1n) is 7.88. The van der Waals surface area contributed by atoms with Gasteiger partial charge in [0.25, 0.3) is 5.91 Å². The Bertz CT molecular complexity index is 569. The monoisotopic (exact) mass is 302 g/mol. The van der Waals surface area contributed by atoms with Gasteiger partial charge in [0, 0.05) is 31.1 Å². The summed E-state index contributed by atoms with van der Waals surface area (Å²) in [5.74, 6) is 1.10. The summed E-state index contributed by atoms with van der Waals surface area (Å²) in [4.78, 5) is 26.2. The molecule has 0 aromatic heterocycles.